The molecule has 27 heavy (non-hydrogen) atoms. The first-order chi connectivity index (χ1) is 12.9. The number of carboxylic acid groups (broad SMARTS) is 1. The lowest BCUT2D eigenvalue weighted by atomic mass is 9.78. The van der Waals surface area contributed by atoms with Crippen molar-refractivity contribution in [2.45, 2.75) is 62.8 Å². The molecule has 0 unspecified atom stereocenters. The van der Waals surface area contributed by atoms with Gasteiger partial charge in [-0.05, 0) is 50.2 Å². The molecule has 1 aromatic rings. The van der Waals surface area contributed by atoms with Crippen molar-refractivity contribution in [2.24, 2.45) is 5.92 Å². The average molecular weight is 380 g/mol. The minimum atomic E-state index is -0.776. The van der Waals surface area contributed by atoms with Crippen LogP contribution >= 0.6 is 0 Å². The summed E-state index contributed by atoms with van der Waals surface area (Å²) in [7, 11) is 0. The van der Waals surface area contributed by atoms with Crippen LogP contribution in [-0.4, -0.2) is 29.7 Å². The second kappa shape index (κ2) is 8.23. The molecule has 0 aliphatic heterocycles. The van der Waals surface area contributed by atoms with E-state index >= 15 is 0 Å². The summed E-state index contributed by atoms with van der Waals surface area (Å²) < 4.78 is 27.6. The number of urea groups is 1. The summed E-state index contributed by atoms with van der Waals surface area (Å²) >= 11 is 0. The molecular formula is C20H26F2N2O3. The molecule has 7 heteroatoms. The SMILES string of the molecule is O=C(NCC1(c2ccc(F)cc2F)CCCC1)NC1CCC(C(=O)O)CC1. The maximum atomic E-state index is 14.3. The number of carbonyl (C=O) groups is 2. The van der Waals surface area contributed by atoms with Gasteiger partial charge in [0.1, 0.15) is 11.6 Å². The Labute approximate surface area is 157 Å². The molecule has 0 atom stereocenters. The zero-order chi connectivity index (χ0) is 19.4. The van der Waals surface area contributed by atoms with E-state index < -0.39 is 23.0 Å². The van der Waals surface area contributed by atoms with E-state index in [0.717, 1.165) is 31.7 Å². The van der Waals surface area contributed by atoms with E-state index in [1.165, 1.54) is 12.1 Å². The van der Waals surface area contributed by atoms with Crippen LogP contribution in [0.15, 0.2) is 18.2 Å². The van der Waals surface area contributed by atoms with Crippen molar-refractivity contribution in [3.8, 4) is 0 Å². The van der Waals surface area contributed by atoms with Crippen molar-refractivity contribution in [2.75, 3.05) is 6.54 Å². The Balaban J connectivity index is 1.57. The summed E-state index contributed by atoms with van der Waals surface area (Å²) in [5.41, 5.74) is -0.0421. The molecule has 2 aliphatic carbocycles. The Kier molecular flexibility index (Phi) is 5.97. The van der Waals surface area contributed by atoms with E-state index in [4.69, 9.17) is 5.11 Å². The normalized spacial score (nSPS) is 24.4. The van der Waals surface area contributed by atoms with E-state index in [-0.39, 0.29) is 18.0 Å². The minimum Gasteiger partial charge on any atom is -0.481 e. The van der Waals surface area contributed by atoms with Crippen LogP contribution < -0.4 is 10.6 Å². The summed E-state index contributed by atoms with van der Waals surface area (Å²) in [6.07, 6.45) is 5.79. The molecule has 3 N–H and O–H groups in total. The number of halogens is 2. The van der Waals surface area contributed by atoms with Gasteiger partial charge in [0.2, 0.25) is 0 Å². The predicted molar refractivity (Wildman–Crippen MR) is 96.4 cm³/mol. The first-order valence-corrected chi connectivity index (χ1v) is 9.62. The van der Waals surface area contributed by atoms with Gasteiger partial charge >= 0.3 is 12.0 Å². The lowest BCUT2D eigenvalue weighted by Gasteiger charge is -2.31. The second-order valence-electron chi connectivity index (χ2n) is 7.83. The number of hydrogen-bond donors (Lipinski definition) is 3. The molecule has 2 aliphatic rings. The van der Waals surface area contributed by atoms with E-state index in [0.29, 0.717) is 37.8 Å². The van der Waals surface area contributed by atoms with Crippen LogP contribution in [-0.2, 0) is 10.2 Å². The highest BCUT2D eigenvalue weighted by atomic mass is 19.1. The van der Waals surface area contributed by atoms with Crippen LogP contribution in [0.5, 0.6) is 0 Å². The molecule has 2 saturated carbocycles. The van der Waals surface area contributed by atoms with E-state index in [2.05, 4.69) is 10.6 Å². The zero-order valence-corrected chi connectivity index (χ0v) is 15.3. The third-order valence-corrected chi connectivity index (χ3v) is 6.06. The molecule has 3 rings (SSSR count). The van der Waals surface area contributed by atoms with Gasteiger partial charge in [0.25, 0.3) is 0 Å². The lowest BCUT2D eigenvalue weighted by Crippen LogP contribution is -2.48. The van der Waals surface area contributed by atoms with Gasteiger partial charge in [0.05, 0.1) is 5.92 Å². The molecule has 0 bridgehead atoms. The number of carboxylic acids is 1. The molecule has 2 fully saturated rings. The lowest BCUT2D eigenvalue weighted by molar-refractivity contribution is -0.142. The molecule has 5 nitrogen and oxygen atoms in total. The fraction of sp³-hybridized carbons (Fsp3) is 0.600. The first kappa shape index (κ1) is 19.6. The topological polar surface area (TPSA) is 78.4 Å². The highest BCUT2D eigenvalue weighted by Crippen LogP contribution is 2.41. The van der Waals surface area contributed by atoms with Crippen molar-refractivity contribution < 1.29 is 23.5 Å². The Morgan fingerprint density at radius 1 is 1.11 bits per heavy atom. The van der Waals surface area contributed by atoms with E-state index in [1.54, 1.807) is 0 Å². The summed E-state index contributed by atoms with van der Waals surface area (Å²) in [4.78, 5) is 23.3. The first-order valence-electron chi connectivity index (χ1n) is 9.62. The van der Waals surface area contributed by atoms with Crippen molar-refractivity contribution >= 4 is 12.0 Å². The van der Waals surface area contributed by atoms with Gasteiger partial charge in [-0.3, -0.25) is 4.79 Å². The summed E-state index contributed by atoms with van der Waals surface area (Å²) in [5, 5.41) is 14.8. The minimum absolute atomic E-state index is 0.0392. The standard InChI is InChI=1S/C20H26F2N2O3/c21-14-5-8-16(17(22)11-14)20(9-1-2-10-20)12-23-19(27)24-15-6-3-13(4-7-15)18(25)26/h5,8,11,13,15H,1-4,6-7,9-10,12H2,(H,25,26)(H2,23,24,27). The van der Waals surface area contributed by atoms with Crippen molar-refractivity contribution in [3.05, 3.63) is 35.4 Å². The molecule has 148 valence electrons. The quantitative estimate of drug-likeness (QED) is 0.728. The number of rotatable bonds is 5. The Bertz CT molecular complexity index is 696. The summed E-state index contributed by atoms with van der Waals surface area (Å²) in [5.74, 6) is -2.27. The summed E-state index contributed by atoms with van der Waals surface area (Å²) in [6, 6.07) is 3.30. The van der Waals surface area contributed by atoms with Crippen LogP contribution in [0.1, 0.15) is 56.9 Å². The van der Waals surface area contributed by atoms with Gasteiger partial charge in [-0.2, -0.15) is 0 Å². The van der Waals surface area contributed by atoms with Gasteiger partial charge in [0.15, 0.2) is 0 Å². The molecular weight excluding hydrogens is 354 g/mol. The van der Waals surface area contributed by atoms with Crippen LogP contribution in [0.2, 0.25) is 0 Å². The molecule has 2 amide bonds. The van der Waals surface area contributed by atoms with Crippen molar-refractivity contribution in [3.63, 3.8) is 0 Å². The number of aliphatic carboxylic acids is 1. The Hall–Kier alpha value is -2.18. The van der Waals surface area contributed by atoms with Crippen LogP contribution in [0.4, 0.5) is 13.6 Å². The largest absolute Gasteiger partial charge is 0.481 e. The fourth-order valence-corrected chi connectivity index (χ4v) is 4.48. The Morgan fingerprint density at radius 3 is 2.37 bits per heavy atom. The Morgan fingerprint density at radius 2 is 1.78 bits per heavy atom. The predicted octanol–water partition coefficient (Wildman–Crippen LogP) is 3.72. The maximum absolute atomic E-state index is 14.3. The number of benzene rings is 1. The molecule has 0 radical (unpaired) electrons. The molecule has 0 heterocycles. The highest BCUT2D eigenvalue weighted by Gasteiger charge is 2.38. The van der Waals surface area contributed by atoms with E-state index in [9.17, 15) is 18.4 Å². The van der Waals surface area contributed by atoms with Gasteiger partial charge in [-0.15, -0.1) is 0 Å². The third-order valence-electron chi connectivity index (χ3n) is 6.06. The number of nitrogens with one attached hydrogen (secondary N) is 2. The van der Waals surface area contributed by atoms with Gasteiger partial charge < -0.3 is 15.7 Å². The maximum Gasteiger partial charge on any atom is 0.315 e. The molecule has 0 spiro atoms. The van der Waals surface area contributed by atoms with Gasteiger partial charge in [-0.25, -0.2) is 13.6 Å². The van der Waals surface area contributed by atoms with Crippen molar-refractivity contribution in [1.29, 1.82) is 0 Å². The van der Waals surface area contributed by atoms with Crippen LogP contribution in [0.3, 0.4) is 0 Å². The molecule has 0 aromatic heterocycles. The fourth-order valence-electron chi connectivity index (χ4n) is 4.48. The number of carbonyl (C=O) groups excluding carboxylic acids is 1. The second-order valence-corrected chi connectivity index (χ2v) is 7.83. The van der Waals surface area contributed by atoms with E-state index in [1.807, 2.05) is 0 Å². The van der Waals surface area contributed by atoms with Crippen molar-refractivity contribution in [1.82, 2.24) is 10.6 Å². The smallest absolute Gasteiger partial charge is 0.315 e. The third kappa shape index (κ3) is 4.57. The zero-order valence-electron chi connectivity index (χ0n) is 15.3. The monoisotopic (exact) mass is 380 g/mol. The average Bonchev–Trinajstić information content (AvgIpc) is 3.10. The van der Waals surface area contributed by atoms with Crippen LogP contribution in [0.25, 0.3) is 0 Å². The summed E-state index contributed by atoms with van der Waals surface area (Å²) in [6.45, 7) is 0.297. The number of hydrogen-bond acceptors (Lipinski definition) is 2. The highest BCUT2D eigenvalue weighted by molar-refractivity contribution is 5.74. The molecule has 0 saturated heterocycles. The number of amides is 2. The van der Waals surface area contributed by atoms with Gasteiger partial charge in [-0.1, -0.05) is 18.9 Å². The van der Waals surface area contributed by atoms with Crippen LogP contribution in [0, 0.1) is 17.6 Å². The van der Waals surface area contributed by atoms with Gasteiger partial charge in [0, 0.05) is 24.1 Å². The molecule has 1 aromatic carbocycles.